The Hall–Kier alpha value is -3.56. The maximum absolute atomic E-state index is 11.8. The molecule has 24 heavy (non-hydrogen) atoms. The molecule has 0 bridgehead atoms. The number of hydrogen-bond donors (Lipinski definition) is 1. The van der Waals surface area contributed by atoms with Crippen LogP contribution in [0.1, 0.15) is 10.5 Å². The van der Waals surface area contributed by atoms with Crippen LogP contribution in [0.15, 0.2) is 36.8 Å². The standard InChI is InChI=1S/C14H12N4O6/c1-23-12-3-2-9(18(21)22)6-10(12)17-13(19)8-24-14(20)11-7-15-4-5-16-11/h2-7H,8H2,1H3,(H,17,19). The van der Waals surface area contributed by atoms with Crippen LogP contribution in [-0.2, 0) is 9.53 Å². The molecule has 2 aromatic rings. The van der Waals surface area contributed by atoms with Crippen molar-refractivity contribution in [1.82, 2.24) is 9.97 Å². The Labute approximate surface area is 135 Å². The van der Waals surface area contributed by atoms with Crippen LogP contribution in [-0.4, -0.2) is 40.5 Å². The van der Waals surface area contributed by atoms with Gasteiger partial charge in [-0.15, -0.1) is 0 Å². The van der Waals surface area contributed by atoms with Gasteiger partial charge in [-0.05, 0) is 6.07 Å². The minimum atomic E-state index is -0.816. The zero-order valence-corrected chi connectivity index (χ0v) is 12.5. The van der Waals surface area contributed by atoms with E-state index in [1.807, 2.05) is 0 Å². The normalized spacial score (nSPS) is 9.88. The lowest BCUT2D eigenvalue weighted by Crippen LogP contribution is -2.21. The van der Waals surface area contributed by atoms with Crippen molar-refractivity contribution >= 4 is 23.3 Å². The summed E-state index contributed by atoms with van der Waals surface area (Å²) >= 11 is 0. The summed E-state index contributed by atoms with van der Waals surface area (Å²) in [6.07, 6.45) is 3.90. The molecule has 0 aliphatic rings. The van der Waals surface area contributed by atoms with Crippen molar-refractivity contribution < 1.29 is 24.0 Å². The number of amides is 1. The van der Waals surface area contributed by atoms with Gasteiger partial charge < -0.3 is 14.8 Å². The van der Waals surface area contributed by atoms with E-state index in [0.717, 1.165) is 6.07 Å². The van der Waals surface area contributed by atoms with Gasteiger partial charge in [-0.25, -0.2) is 9.78 Å². The first kappa shape index (κ1) is 16.8. The molecule has 10 heteroatoms. The van der Waals surface area contributed by atoms with Gasteiger partial charge in [0.25, 0.3) is 11.6 Å². The fourth-order valence-electron chi connectivity index (χ4n) is 1.70. The Kier molecular flexibility index (Phi) is 5.34. The molecule has 0 unspecified atom stereocenters. The molecule has 124 valence electrons. The monoisotopic (exact) mass is 332 g/mol. The number of aromatic nitrogens is 2. The van der Waals surface area contributed by atoms with Gasteiger partial charge in [0.15, 0.2) is 12.3 Å². The summed E-state index contributed by atoms with van der Waals surface area (Å²) in [4.78, 5) is 41.1. The number of esters is 1. The summed E-state index contributed by atoms with van der Waals surface area (Å²) in [6.45, 7) is -0.596. The third kappa shape index (κ3) is 4.22. The second kappa shape index (κ2) is 7.63. The largest absolute Gasteiger partial charge is 0.495 e. The van der Waals surface area contributed by atoms with Crippen molar-refractivity contribution in [2.45, 2.75) is 0 Å². The number of nitro benzene ring substituents is 1. The third-order valence-corrected chi connectivity index (χ3v) is 2.77. The van der Waals surface area contributed by atoms with Crippen LogP contribution in [0.3, 0.4) is 0 Å². The lowest BCUT2D eigenvalue weighted by molar-refractivity contribution is -0.384. The first-order valence-electron chi connectivity index (χ1n) is 6.56. The van der Waals surface area contributed by atoms with Gasteiger partial charge in [0.2, 0.25) is 0 Å². The number of methoxy groups -OCH3 is 1. The summed E-state index contributed by atoms with van der Waals surface area (Å²) in [5.74, 6) is -1.27. The highest BCUT2D eigenvalue weighted by molar-refractivity contribution is 5.96. The highest BCUT2D eigenvalue weighted by atomic mass is 16.6. The number of rotatable bonds is 6. The van der Waals surface area contributed by atoms with Gasteiger partial charge in [-0.2, -0.15) is 0 Å². The van der Waals surface area contributed by atoms with Crippen molar-refractivity contribution in [1.29, 1.82) is 0 Å². The molecule has 1 amide bonds. The predicted molar refractivity (Wildman–Crippen MR) is 80.6 cm³/mol. The molecule has 0 spiro atoms. The second-order valence-electron chi connectivity index (χ2n) is 4.36. The third-order valence-electron chi connectivity index (χ3n) is 2.77. The molecule has 0 saturated heterocycles. The molecule has 2 rings (SSSR count). The number of nitro groups is 1. The fourth-order valence-corrected chi connectivity index (χ4v) is 1.70. The average Bonchev–Trinajstić information content (AvgIpc) is 2.60. The molecule has 0 fully saturated rings. The number of anilines is 1. The number of hydrogen-bond acceptors (Lipinski definition) is 8. The van der Waals surface area contributed by atoms with Gasteiger partial charge in [0, 0.05) is 24.5 Å². The number of carbonyl (C=O) groups excluding carboxylic acids is 2. The van der Waals surface area contributed by atoms with E-state index in [0.29, 0.717) is 0 Å². The quantitative estimate of drug-likeness (QED) is 0.473. The molecule has 1 N–H and O–H groups in total. The molecule has 1 aromatic carbocycles. The van der Waals surface area contributed by atoms with Gasteiger partial charge in [0.1, 0.15) is 5.75 Å². The van der Waals surface area contributed by atoms with Crippen LogP contribution >= 0.6 is 0 Å². The van der Waals surface area contributed by atoms with Crippen molar-refractivity contribution in [2.75, 3.05) is 19.0 Å². The lowest BCUT2D eigenvalue weighted by Gasteiger charge is -2.10. The topological polar surface area (TPSA) is 134 Å². The average molecular weight is 332 g/mol. The number of benzene rings is 1. The van der Waals surface area contributed by atoms with Crippen LogP contribution in [0.2, 0.25) is 0 Å². The number of nitrogens with zero attached hydrogens (tertiary/aromatic N) is 3. The van der Waals surface area contributed by atoms with Gasteiger partial charge in [-0.1, -0.05) is 0 Å². The number of non-ortho nitro benzene ring substituents is 1. The summed E-state index contributed by atoms with van der Waals surface area (Å²) in [6, 6.07) is 3.73. The SMILES string of the molecule is COc1ccc([N+](=O)[O-])cc1NC(=O)COC(=O)c1cnccn1. The van der Waals surface area contributed by atoms with Gasteiger partial charge in [0.05, 0.1) is 23.9 Å². The maximum atomic E-state index is 11.8. The van der Waals surface area contributed by atoms with E-state index >= 15 is 0 Å². The fraction of sp³-hybridized carbons (Fsp3) is 0.143. The molecule has 0 atom stereocenters. The predicted octanol–water partition coefficient (Wildman–Crippen LogP) is 1.19. The van der Waals surface area contributed by atoms with Gasteiger partial charge >= 0.3 is 5.97 Å². The molecule has 0 aliphatic carbocycles. The van der Waals surface area contributed by atoms with Crippen molar-refractivity contribution in [3.05, 3.63) is 52.6 Å². The molecule has 0 aliphatic heterocycles. The van der Waals surface area contributed by atoms with E-state index < -0.39 is 23.4 Å². The Bertz CT molecular complexity index is 765. The highest BCUT2D eigenvalue weighted by Crippen LogP contribution is 2.28. The van der Waals surface area contributed by atoms with Crippen molar-refractivity contribution in [3.63, 3.8) is 0 Å². The lowest BCUT2D eigenvalue weighted by atomic mass is 10.2. The van der Waals surface area contributed by atoms with Crippen molar-refractivity contribution in [3.8, 4) is 5.75 Å². The first-order valence-corrected chi connectivity index (χ1v) is 6.56. The molecular weight excluding hydrogens is 320 g/mol. The Balaban J connectivity index is 2.00. The number of nitrogens with one attached hydrogen (secondary N) is 1. The zero-order chi connectivity index (χ0) is 17.5. The highest BCUT2D eigenvalue weighted by Gasteiger charge is 2.15. The molecule has 0 saturated carbocycles. The number of ether oxygens (including phenoxy) is 2. The molecule has 10 nitrogen and oxygen atoms in total. The van der Waals surface area contributed by atoms with E-state index in [9.17, 15) is 19.7 Å². The summed E-state index contributed by atoms with van der Waals surface area (Å²) in [5.41, 5.74) is -0.173. The summed E-state index contributed by atoms with van der Waals surface area (Å²) < 4.78 is 9.80. The Morgan fingerprint density at radius 3 is 2.75 bits per heavy atom. The second-order valence-corrected chi connectivity index (χ2v) is 4.36. The van der Waals surface area contributed by atoms with Crippen LogP contribution in [0.5, 0.6) is 5.75 Å². The minimum Gasteiger partial charge on any atom is -0.495 e. The Morgan fingerprint density at radius 1 is 1.33 bits per heavy atom. The minimum absolute atomic E-state index is 0.0433. The molecule has 0 radical (unpaired) electrons. The summed E-state index contributed by atoms with van der Waals surface area (Å²) in [7, 11) is 1.35. The van der Waals surface area contributed by atoms with E-state index in [1.54, 1.807) is 0 Å². The number of carbonyl (C=O) groups is 2. The van der Waals surface area contributed by atoms with Crippen LogP contribution in [0.25, 0.3) is 0 Å². The maximum Gasteiger partial charge on any atom is 0.359 e. The van der Waals surface area contributed by atoms with E-state index in [-0.39, 0.29) is 22.8 Å². The molecule has 1 aromatic heterocycles. The Morgan fingerprint density at radius 2 is 2.12 bits per heavy atom. The van der Waals surface area contributed by atoms with Crippen LogP contribution in [0, 0.1) is 10.1 Å². The van der Waals surface area contributed by atoms with Gasteiger partial charge in [-0.3, -0.25) is 19.9 Å². The van der Waals surface area contributed by atoms with Crippen LogP contribution in [0.4, 0.5) is 11.4 Å². The first-order chi connectivity index (χ1) is 11.5. The molecule has 1 heterocycles. The summed E-state index contributed by atoms with van der Waals surface area (Å²) in [5, 5.41) is 13.2. The zero-order valence-electron chi connectivity index (χ0n) is 12.5. The molecular formula is C14H12N4O6. The van der Waals surface area contributed by atoms with E-state index in [2.05, 4.69) is 15.3 Å². The van der Waals surface area contributed by atoms with E-state index in [4.69, 9.17) is 9.47 Å². The van der Waals surface area contributed by atoms with Crippen LogP contribution < -0.4 is 10.1 Å². The smallest absolute Gasteiger partial charge is 0.359 e. The van der Waals surface area contributed by atoms with E-state index in [1.165, 1.54) is 37.8 Å². The van der Waals surface area contributed by atoms with Crippen molar-refractivity contribution in [2.24, 2.45) is 0 Å².